The van der Waals surface area contributed by atoms with Crippen molar-refractivity contribution in [3.63, 3.8) is 0 Å². The Bertz CT molecular complexity index is 85.0. The number of aliphatic hydroxyl groups excluding tert-OH is 1. The van der Waals surface area contributed by atoms with Gasteiger partial charge < -0.3 is 10.4 Å². The molecule has 2 N–H and O–H groups in total. The van der Waals surface area contributed by atoms with Gasteiger partial charge in [-0.05, 0) is 25.8 Å². The van der Waals surface area contributed by atoms with Gasteiger partial charge in [-0.2, -0.15) is 0 Å². The van der Waals surface area contributed by atoms with Crippen molar-refractivity contribution in [3.05, 3.63) is 0 Å². The topological polar surface area (TPSA) is 32.3 Å². The summed E-state index contributed by atoms with van der Waals surface area (Å²) in [6.07, 6.45) is 3.05. The van der Waals surface area contributed by atoms with Crippen LogP contribution >= 0.6 is 0 Å². The molecule has 1 aliphatic rings. The standard InChI is InChI=1S/C7H15NO/c1-2-6-7(9)4-3-5-8-6/h6-9H,2-5H2,1H3/t6-,7-/m1/s1. The van der Waals surface area contributed by atoms with Crippen LogP contribution in [0.5, 0.6) is 0 Å². The molecule has 54 valence electrons. The Balaban J connectivity index is 2.30. The van der Waals surface area contributed by atoms with E-state index >= 15 is 0 Å². The Kier molecular flexibility index (Phi) is 2.49. The summed E-state index contributed by atoms with van der Waals surface area (Å²) in [5.41, 5.74) is 0. The molecule has 0 spiro atoms. The molecule has 1 heterocycles. The predicted molar refractivity (Wildman–Crippen MR) is 37.3 cm³/mol. The number of piperidine rings is 1. The first kappa shape index (κ1) is 7.03. The molecule has 0 aromatic carbocycles. The lowest BCUT2D eigenvalue weighted by Crippen LogP contribution is -2.44. The molecule has 0 radical (unpaired) electrons. The van der Waals surface area contributed by atoms with Gasteiger partial charge in [0.2, 0.25) is 0 Å². The highest BCUT2D eigenvalue weighted by molar-refractivity contribution is 4.78. The molecule has 0 aromatic heterocycles. The lowest BCUT2D eigenvalue weighted by atomic mass is 10.00. The number of aliphatic hydroxyl groups is 1. The summed E-state index contributed by atoms with van der Waals surface area (Å²) >= 11 is 0. The minimum Gasteiger partial charge on any atom is -0.392 e. The van der Waals surface area contributed by atoms with Crippen LogP contribution in [-0.4, -0.2) is 23.8 Å². The molecule has 2 heteroatoms. The summed E-state index contributed by atoms with van der Waals surface area (Å²) in [7, 11) is 0. The molecular weight excluding hydrogens is 114 g/mol. The van der Waals surface area contributed by atoms with E-state index in [0.29, 0.717) is 6.04 Å². The fourth-order valence-corrected chi connectivity index (χ4v) is 1.35. The van der Waals surface area contributed by atoms with Crippen molar-refractivity contribution in [2.24, 2.45) is 0 Å². The summed E-state index contributed by atoms with van der Waals surface area (Å²) in [4.78, 5) is 0. The van der Waals surface area contributed by atoms with E-state index in [2.05, 4.69) is 12.2 Å². The molecule has 2 nitrogen and oxygen atoms in total. The van der Waals surface area contributed by atoms with E-state index in [1.165, 1.54) is 0 Å². The Morgan fingerprint density at radius 1 is 1.67 bits per heavy atom. The zero-order valence-electron chi connectivity index (χ0n) is 5.93. The highest BCUT2D eigenvalue weighted by atomic mass is 16.3. The maximum atomic E-state index is 9.31. The van der Waals surface area contributed by atoms with Gasteiger partial charge in [-0.15, -0.1) is 0 Å². The van der Waals surface area contributed by atoms with Crippen LogP contribution in [0.4, 0.5) is 0 Å². The average Bonchev–Trinajstić information content (AvgIpc) is 1.89. The molecule has 0 bridgehead atoms. The molecule has 0 aliphatic carbocycles. The second-order valence-corrected chi connectivity index (χ2v) is 2.68. The van der Waals surface area contributed by atoms with Crippen LogP contribution in [0.15, 0.2) is 0 Å². The number of hydrogen-bond donors (Lipinski definition) is 2. The molecule has 0 amide bonds. The molecule has 0 saturated carbocycles. The first-order valence-electron chi connectivity index (χ1n) is 3.76. The van der Waals surface area contributed by atoms with Crippen molar-refractivity contribution < 1.29 is 5.11 Å². The van der Waals surface area contributed by atoms with Crippen LogP contribution in [0.25, 0.3) is 0 Å². The first-order chi connectivity index (χ1) is 4.34. The Morgan fingerprint density at radius 3 is 2.89 bits per heavy atom. The van der Waals surface area contributed by atoms with E-state index in [1.54, 1.807) is 0 Å². The summed E-state index contributed by atoms with van der Waals surface area (Å²) in [5.74, 6) is 0. The van der Waals surface area contributed by atoms with Crippen molar-refractivity contribution in [2.45, 2.75) is 38.3 Å². The lowest BCUT2D eigenvalue weighted by molar-refractivity contribution is 0.0947. The van der Waals surface area contributed by atoms with Crippen molar-refractivity contribution in [1.29, 1.82) is 0 Å². The monoisotopic (exact) mass is 129 g/mol. The van der Waals surface area contributed by atoms with Crippen molar-refractivity contribution in [2.75, 3.05) is 6.54 Å². The second kappa shape index (κ2) is 3.18. The van der Waals surface area contributed by atoms with Gasteiger partial charge in [-0.25, -0.2) is 0 Å². The summed E-state index contributed by atoms with van der Waals surface area (Å²) < 4.78 is 0. The number of hydrogen-bond acceptors (Lipinski definition) is 2. The van der Waals surface area contributed by atoms with Gasteiger partial charge in [0.25, 0.3) is 0 Å². The van der Waals surface area contributed by atoms with Crippen LogP contribution < -0.4 is 5.32 Å². The molecule has 0 unspecified atom stereocenters. The van der Waals surface area contributed by atoms with Gasteiger partial charge in [-0.3, -0.25) is 0 Å². The smallest absolute Gasteiger partial charge is 0.0693 e. The van der Waals surface area contributed by atoms with Crippen molar-refractivity contribution in [1.82, 2.24) is 5.32 Å². The largest absolute Gasteiger partial charge is 0.392 e. The maximum absolute atomic E-state index is 9.31. The predicted octanol–water partition coefficient (Wildman–Crippen LogP) is 0.509. The summed E-state index contributed by atoms with van der Waals surface area (Å²) in [6.45, 7) is 3.18. The fourth-order valence-electron chi connectivity index (χ4n) is 1.35. The molecule has 9 heavy (non-hydrogen) atoms. The SMILES string of the molecule is CC[C@H]1NCCC[C@H]1O. The molecule has 1 aliphatic heterocycles. The first-order valence-corrected chi connectivity index (χ1v) is 3.76. The molecule has 2 atom stereocenters. The van der Waals surface area contributed by atoms with E-state index in [1.807, 2.05) is 0 Å². The third kappa shape index (κ3) is 1.66. The van der Waals surface area contributed by atoms with E-state index in [9.17, 15) is 5.11 Å². The lowest BCUT2D eigenvalue weighted by Gasteiger charge is -2.27. The fraction of sp³-hybridized carbons (Fsp3) is 1.00. The van der Waals surface area contributed by atoms with Gasteiger partial charge in [-0.1, -0.05) is 6.92 Å². The zero-order chi connectivity index (χ0) is 6.69. The zero-order valence-corrected chi connectivity index (χ0v) is 5.93. The molecule has 1 saturated heterocycles. The van der Waals surface area contributed by atoms with Gasteiger partial charge in [0.15, 0.2) is 0 Å². The third-order valence-corrected chi connectivity index (χ3v) is 1.99. The molecular formula is C7H15NO. The highest BCUT2D eigenvalue weighted by Crippen LogP contribution is 2.09. The number of nitrogens with one attached hydrogen (secondary N) is 1. The Hall–Kier alpha value is -0.0800. The summed E-state index contributed by atoms with van der Waals surface area (Å²) in [5, 5.41) is 12.6. The molecule has 0 aromatic rings. The van der Waals surface area contributed by atoms with Gasteiger partial charge in [0, 0.05) is 6.04 Å². The minimum absolute atomic E-state index is 0.0938. The number of rotatable bonds is 1. The van der Waals surface area contributed by atoms with Gasteiger partial charge >= 0.3 is 0 Å². The van der Waals surface area contributed by atoms with Crippen LogP contribution in [0, 0.1) is 0 Å². The Labute approximate surface area is 56.3 Å². The van der Waals surface area contributed by atoms with Crippen LogP contribution in [0.1, 0.15) is 26.2 Å². The second-order valence-electron chi connectivity index (χ2n) is 2.68. The maximum Gasteiger partial charge on any atom is 0.0693 e. The van der Waals surface area contributed by atoms with Crippen molar-refractivity contribution >= 4 is 0 Å². The third-order valence-electron chi connectivity index (χ3n) is 1.99. The molecule has 1 rings (SSSR count). The minimum atomic E-state index is -0.0938. The van der Waals surface area contributed by atoms with E-state index in [4.69, 9.17) is 0 Å². The quantitative estimate of drug-likeness (QED) is 0.540. The van der Waals surface area contributed by atoms with Gasteiger partial charge in [0.05, 0.1) is 6.10 Å². The van der Waals surface area contributed by atoms with Crippen LogP contribution in [0.2, 0.25) is 0 Å². The highest BCUT2D eigenvalue weighted by Gasteiger charge is 2.19. The van der Waals surface area contributed by atoms with Crippen LogP contribution in [-0.2, 0) is 0 Å². The average molecular weight is 129 g/mol. The van der Waals surface area contributed by atoms with E-state index in [-0.39, 0.29) is 6.10 Å². The normalized spacial score (nSPS) is 36.7. The van der Waals surface area contributed by atoms with Gasteiger partial charge in [0.1, 0.15) is 0 Å². The van der Waals surface area contributed by atoms with Crippen molar-refractivity contribution in [3.8, 4) is 0 Å². The Morgan fingerprint density at radius 2 is 2.44 bits per heavy atom. The van der Waals surface area contributed by atoms with Crippen LogP contribution in [0.3, 0.4) is 0 Å². The van der Waals surface area contributed by atoms with E-state index in [0.717, 1.165) is 25.8 Å². The van der Waals surface area contributed by atoms with E-state index < -0.39 is 0 Å². The summed E-state index contributed by atoms with van der Waals surface area (Å²) in [6, 6.07) is 0.360. The molecule has 1 fully saturated rings.